The van der Waals surface area contributed by atoms with Crippen LogP contribution in [0.3, 0.4) is 0 Å². The maximum Gasteiger partial charge on any atom is 0.0889 e. The number of hydrogen-bond acceptors (Lipinski definition) is 2. The monoisotopic (exact) mass is 254 g/mol. The summed E-state index contributed by atoms with van der Waals surface area (Å²) in [6.45, 7) is 12.2. The van der Waals surface area contributed by atoms with E-state index in [4.69, 9.17) is 9.47 Å². The van der Waals surface area contributed by atoms with E-state index in [-0.39, 0.29) is 5.60 Å². The molecule has 0 amide bonds. The van der Waals surface area contributed by atoms with E-state index in [1.807, 2.05) is 0 Å². The molecule has 2 rings (SSSR count). The molecule has 1 heterocycles. The molecule has 2 aliphatic rings. The molecule has 1 aliphatic heterocycles. The van der Waals surface area contributed by atoms with E-state index in [2.05, 4.69) is 34.6 Å². The van der Waals surface area contributed by atoms with Gasteiger partial charge in [-0.2, -0.15) is 0 Å². The largest absolute Gasteiger partial charge is 0.373 e. The van der Waals surface area contributed by atoms with Crippen molar-refractivity contribution in [3.05, 3.63) is 0 Å². The Bertz CT molecular complexity index is 287. The summed E-state index contributed by atoms with van der Waals surface area (Å²) in [4.78, 5) is 0. The topological polar surface area (TPSA) is 18.5 Å². The molecule has 106 valence electrons. The summed E-state index contributed by atoms with van der Waals surface area (Å²) >= 11 is 0. The minimum Gasteiger partial charge on any atom is -0.373 e. The van der Waals surface area contributed by atoms with Crippen molar-refractivity contribution in [3.8, 4) is 0 Å². The van der Waals surface area contributed by atoms with Crippen LogP contribution in [0.1, 0.15) is 66.7 Å². The standard InChI is InChI=1S/C16H30O2/c1-6-15(3,4)12-8-9-13-14(10-12)17-11-16(5,7-2)18-13/h12-14H,6-11H2,1-5H3. The first-order chi connectivity index (χ1) is 8.40. The number of ether oxygens (including phenoxy) is 2. The first kappa shape index (κ1) is 14.3. The van der Waals surface area contributed by atoms with Crippen LogP contribution < -0.4 is 0 Å². The molecular weight excluding hydrogens is 224 g/mol. The second-order valence-corrected chi connectivity index (χ2v) is 7.16. The molecular formula is C16H30O2. The molecule has 0 aromatic heterocycles. The highest BCUT2D eigenvalue weighted by Crippen LogP contribution is 2.44. The predicted molar refractivity (Wildman–Crippen MR) is 74.7 cm³/mol. The summed E-state index contributed by atoms with van der Waals surface area (Å²) < 4.78 is 12.4. The number of fused-ring (bicyclic) bond motifs is 1. The van der Waals surface area contributed by atoms with Crippen molar-refractivity contribution in [2.45, 2.75) is 84.5 Å². The average Bonchev–Trinajstić information content (AvgIpc) is 2.38. The predicted octanol–water partition coefficient (Wildman–Crippen LogP) is 4.18. The van der Waals surface area contributed by atoms with Gasteiger partial charge in [-0.1, -0.05) is 34.1 Å². The Hall–Kier alpha value is -0.0800. The van der Waals surface area contributed by atoms with Gasteiger partial charge in [0.2, 0.25) is 0 Å². The zero-order chi connectivity index (χ0) is 13.4. The van der Waals surface area contributed by atoms with E-state index in [1.54, 1.807) is 0 Å². The van der Waals surface area contributed by atoms with Crippen molar-refractivity contribution in [1.29, 1.82) is 0 Å². The third-order valence-electron chi connectivity index (χ3n) is 5.53. The third-order valence-corrected chi connectivity index (χ3v) is 5.53. The highest BCUT2D eigenvalue weighted by atomic mass is 16.6. The lowest BCUT2D eigenvalue weighted by atomic mass is 9.68. The van der Waals surface area contributed by atoms with Crippen LogP contribution in [0, 0.1) is 11.3 Å². The van der Waals surface area contributed by atoms with Crippen LogP contribution in [0.2, 0.25) is 0 Å². The van der Waals surface area contributed by atoms with Crippen molar-refractivity contribution < 1.29 is 9.47 Å². The second kappa shape index (κ2) is 5.13. The van der Waals surface area contributed by atoms with Gasteiger partial charge in [-0.05, 0) is 43.9 Å². The van der Waals surface area contributed by atoms with Gasteiger partial charge in [0.15, 0.2) is 0 Å². The Morgan fingerprint density at radius 2 is 1.89 bits per heavy atom. The lowest BCUT2D eigenvalue weighted by Gasteiger charge is -2.49. The Labute approximate surface area is 112 Å². The van der Waals surface area contributed by atoms with Crippen molar-refractivity contribution in [1.82, 2.24) is 0 Å². The molecule has 2 fully saturated rings. The Kier molecular flexibility index (Phi) is 4.08. The fraction of sp³-hybridized carbons (Fsp3) is 1.00. The van der Waals surface area contributed by atoms with Gasteiger partial charge in [-0.25, -0.2) is 0 Å². The molecule has 0 aromatic rings. The van der Waals surface area contributed by atoms with E-state index >= 15 is 0 Å². The van der Waals surface area contributed by atoms with Gasteiger partial charge in [-0.3, -0.25) is 0 Å². The first-order valence-corrected chi connectivity index (χ1v) is 7.69. The quantitative estimate of drug-likeness (QED) is 0.752. The van der Waals surface area contributed by atoms with Crippen molar-refractivity contribution >= 4 is 0 Å². The van der Waals surface area contributed by atoms with Gasteiger partial charge in [0.05, 0.1) is 24.4 Å². The SMILES string of the molecule is CCC1(C)COC2CC(C(C)(C)CC)CCC2O1. The maximum atomic E-state index is 6.30. The van der Waals surface area contributed by atoms with E-state index < -0.39 is 0 Å². The average molecular weight is 254 g/mol. The molecule has 0 radical (unpaired) electrons. The van der Waals surface area contributed by atoms with Crippen molar-refractivity contribution in [3.63, 3.8) is 0 Å². The van der Waals surface area contributed by atoms with Crippen LogP contribution >= 0.6 is 0 Å². The smallest absolute Gasteiger partial charge is 0.0889 e. The van der Waals surface area contributed by atoms with Gasteiger partial charge in [0, 0.05) is 0 Å². The number of rotatable bonds is 3. The molecule has 1 aliphatic carbocycles. The summed E-state index contributed by atoms with van der Waals surface area (Å²) in [7, 11) is 0. The van der Waals surface area contributed by atoms with E-state index in [9.17, 15) is 0 Å². The molecule has 18 heavy (non-hydrogen) atoms. The van der Waals surface area contributed by atoms with Crippen LogP contribution in [-0.2, 0) is 9.47 Å². The Morgan fingerprint density at radius 3 is 2.50 bits per heavy atom. The van der Waals surface area contributed by atoms with Gasteiger partial charge >= 0.3 is 0 Å². The van der Waals surface area contributed by atoms with Crippen LogP contribution in [0.25, 0.3) is 0 Å². The summed E-state index contributed by atoms with van der Waals surface area (Å²) in [5.41, 5.74) is 0.397. The molecule has 0 bridgehead atoms. The Morgan fingerprint density at radius 1 is 1.17 bits per heavy atom. The van der Waals surface area contributed by atoms with E-state index in [0.29, 0.717) is 17.6 Å². The first-order valence-electron chi connectivity index (χ1n) is 7.69. The third kappa shape index (κ3) is 2.75. The van der Waals surface area contributed by atoms with Gasteiger partial charge < -0.3 is 9.47 Å². The molecule has 4 atom stereocenters. The highest BCUT2D eigenvalue weighted by molar-refractivity contribution is 4.92. The van der Waals surface area contributed by atoms with Crippen LogP contribution in [0.15, 0.2) is 0 Å². The molecule has 1 saturated heterocycles. The van der Waals surface area contributed by atoms with Gasteiger partial charge in [0.1, 0.15) is 0 Å². The molecule has 0 aromatic carbocycles. The maximum absolute atomic E-state index is 6.30. The molecule has 1 saturated carbocycles. The number of hydrogen-bond donors (Lipinski definition) is 0. The van der Waals surface area contributed by atoms with Crippen molar-refractivity contribution in [2.24, 2.45) is 11.3 Å². The fourth-order valence-corrected chi connectivity index (χ4v) is 3.28. The lowest BCUT2D eigenvalue weighted by molar-refractivity contribution is -0.243. The normalized spacial score (nSPS) is 41.5. The molecule has 0 N–H and O–H groups in total. The zero-order valence-electron chi connectivity index (χ0n) is 12.8. The lowest BCUT2D eigenvalue weighted by Crippen LogP contribution is -2.53. The Balaban J connectivity index is 1.98. The van der Waals surface area contributed by atoms with E-state index in [1.165, 1.54) is 25.7 Å². The van der Waals surface area contributed by atoms with E-state index in [0.717, 1.165) is 18.9 Å². The minimum atomic E-state index is -0.0473. The van der Waals surface area contributed by atoms with Gasteiger partial charge in [-0.15, -0.1) is 0 Å². The molecule has 0 spiro atoms. The van der Waals surface area contributed by atoms with Crippen LogP contribution in [0.4, 0.5) is 0 Å². The zero-order valence-corrected chi connectivity index (χ0v) is 12.8. The van der Waals surface area contributed by atoms with Crippen molar-refractivity contribution in [2.75, 3.05) is 6.61 Å². The molecule has 2 nitrogen and oxygen atoms in total. The van der Waals surface area contributed by atoms with Crippen LogP contribution in [0.5, 0.6) is 0 Å². The highest BCUT2D eigenvalue weighted by Gasteiger charge is 2.44. The summed E-state index contributed by atoms with van der Waals surface area (Å²) in [5, 5.41) is 0. The van der Waals surface area contributed by atoms with Gasteiger partial charge in [0.25, 0.3) is 0 Å². The second-order valence-electron chi connectivity index (χ2n) is 7.16. The summed E-state index contributed by atoms with van der Waals surface area (Å²) in [6.07, 6.45) is 6.63. The molecule has 4 unspecified atom stereocenters. The summed E-state index contributed by atoms with van der Waals surface area (Å²) in [5.74, 6) is 0.790. The molecule has 2 heteroatoms. The fourth-order valence-electron chi connectivity index (χ4n) is 3.28. The van der Waals surface area contributed by atoms with Crippen LogP contribution in [-0.4, -0.2) is 24.4 Å². The summed E-state index contributed by atoms with van der Waals surface area (Å²) in [6, 6.07) is 0. The minimum absolute atomic E-state index is 0.0473.